The predicted molar refractivity (Wildman–Crippen MR) is 87.1 cm³/mol. The van der Waals surface area contributed by atoms with Crippen LogP contribution in [-0.4, -0.2) is 36.5 Å². The average Bonchev–Trinajstić information content (AvgIpc) is 2.46. The summed E-state index contributed by atoms with van der Waals surface area (Å²) < 4.78 is 5.51. The van der Waals surface area contributed by atoms with E-state index in [9.17, 15) is 4.79 Å². The lowest BCUT2D eigenvalue weighted by molar-refractivity contribution is -0.137. The highest BCUT2D eigenvalue weighted by molar-refractivity contribution is 6.32. The molecule has 1 amide bonds. The summed E-state index contributed by atoms with van der Waals surface area (Å²) in [6, 6.07) is 7.28. The number of benzene rings is 1. The van der Waals surface area contributed by atoms with Crippen molar-refractivity contribution in [2.24, 2.45) is 11.7 Å². The van der Waals surface area contributed by atoms with E-state index < -0.39 is 0 Å². The number of para-hydroxylation sites is 1. The van der Waals surface area contributed by atoms with Gasteiger partial charge in [0.05, 0.1) is 5.02 Å². The number of halogens is 2. The Morgan fingerprint density at radius 1 is 1.48 bits per heavy atom. The third-order valence-electron chi connectivity index (χ3n) is 3.76. The van der Waals surface area contributed by atoms with E-state index in [-0.39, 0.29) is 31.0 Å². The largest absolute Gasteiger partial charge is 0.482 e. The highest BCUT2D eigenvalue weighted by Gasteiger charge is 2.29. The molecule has 2 N–H and O–H groups in total. The van der Waals surface area contributed by atoms with Gasteiger partial charge >= 0.3 is 0 Å². The van der Waals surface area contributed by atoms with E-state index >= 15 is 0 Å². The number of carbonyl (C=O) groups is 1. The number of nitrogens with two attached hydrogens (primary N) is 1. The molecule has 0 bridgehead atoms. The summed E-state index contributed by atoms with van der Waals surface area (Å²) in [5, 5.41) is 0.517. The van der Waals surface area contributed by atoms with Crippen LogP contribution in [0.1, 0.15) is 19.8 Å². The molecule has 1 saturated heterocycles. The second kappa shape index (κ2) is 8.47. The highest BCUT2D eigenvalue weighted by atomic mass is 35.5. The normalized spacial score (nSPS) is 21.6. The Hall–Kier alpha value is -0.970. The van der Waals surface area contributed by atoms with Crippen LogP contribution in [0.4, 0.5) is 0 Å². The minimum atomic E-state index is -0.0210. The maximum Gasteiger partial charge on any atom is 0.260 e. The zero-order chi connectivity index (χ0) is 14.5. The number of carbonyl (C=O) groups excluding carboxylic acids is 1. The van der Waals surface area contributed by atoms with Crippen molar-refractivity contribution in [1.29, 1.82) is 0 Å². The fourth-order valence-corrected chi connectivity index (χ4v) is 2.78. The third kappa shape index (κ3) is 4.77. The SMILES string of the molecule is CC1CCN(C(=O)COc2ccccc2Cl)C(CN)C1.Cl. The lowest BCUT2D eigenvalue weighted by Crippen LogP contribution is -2.50. The van der Waals surface area contributed by atoms with Gasteiger partial charge in [0.1, 0.15) is 5.75 Å². The Kier molecular flexibility index (Phi) is 7.29. The molecule has 6 heteroatoms. The van der Waals surface area contributed by atoms with Crippen molar-refractivity contribution >= 4 is 29.9 Å². The first-order valence-electron chi connectivity index (χ1n) is 6.98. The highest BCUT2D eigenvalue weighted by Crippen LogP contribution is 2.24. The average molecular weight is 333 g/mol. The summed E-state index contributed by atoms with van der Waals surface area (Å²) in [4.78, 5) is 14.1. The van der Waals surface area contributed by atoms with Crippen LogP contribution in [0.25, 0.3) is 0 Å². The molecule has 0 aliphatic carbocycles. The quantitative estimate of drug-likeness (QED) is 0.922. The van der Waals surface area contributed by atoms with E-state index in [1.54, 1.807) is 12.1 Å². The standard InChI is InChI=1S/C15H21ClN2O2.ClH/c1-11-6-7-18(12(8-11)9-17)15(19)10-20-14-5-3-2-4-13(14)16;/h2-5,11-12H,6-10,17H2,1H3;1H. The number of hydrogen-bond donors (Lipinski definition) is 1. The van der Waals surface area contributed by atoms with Gasteiger partial charge in [0.15, 0.2) is 6.61 Å². The van der Waals surface area contributed by atoms with Gasteiger partial charge in [-0.25, -0.2) is 0 Å². The van der Waals surface area contributed by atoms with Crippen molar-refractivity contribution in [3.63, 3.8) is 0 Å². The van der Waals surface area contributed by atoms with E-state index in [1.165, 1.54) is 0 Å². The molecule has 118 valence electrons. The molecule has 2 atom stereocenters. The maximum absolute atomic E-state index is 12.3. The summed E-state index contributed by atoms with van der Waals surface area (Å²) in [6.07, 6.45) is 1.99. The van der Waals surface area contributed by atoms with Gasteiger partial charge in [-0.15, -0.1) is 12.4 Å². The van der Waals surface area contributed by atoms with Crippen molar-refractivity contribution in [1.82, 2.24) is 4.90 Å². The molecule has 4 nitrogen and oxygen atoms in total. The minimum absolute atomic E-state index is 0. The van der Waals surface area contributed by atoms with E-state index in [4.69, 9.17) is 22.1 Å². The molecule has 2 unspecified atom stereocenters. The molecule has 0 aromatic heterocycles. The van der Waals surface area contributed by atoms with Gasteiger partial charge in [-0.2, -0.15) is 0 Å². The van der Waals surface area contributed by atoms with Crippen LogP contribution in [0, 0.1) is 5.92 Å². The first-order chi connectivity index (χ1) is 9.61. The van der Waals surface area contributed by atoms with Gasteiger partial charge < -0.3 is 15.4 Å². The van der Waals surface area contributed by atoms with Crippen molar-refractivity contribution < 1.29 is 9.53 Å². The number of nitrogens with zero attached hydrogens (tertiary/aromatic N) is 1. The lowest BCUT2D eigenvalue weighted by atomic mass is 9.92. The third-order valence-corrected chi connectivity index (χ3v) is 4.07. The molecule has 0 spiro atoms. The summed E-state index contributed by atoms with van der Waals surface area (Å²) in [5.74, 6) is 1.14. The predicted octanol–water partition coefficient (Wildman–Crippen LogP) is 2.73. The van der Waals surface area contributed by atoms with Crippen LogP contribution in [0.15, 0.2) is 24.3 Å². The molecule has 2 rings (SSSR count). The number of hydrogen-bond acceptors (Lipinski definition) is 3. The first kappa shape index (κ1) is 18.1. The Morgan fingerprint density at radius 3 is 2.86 bits per heavy atom. The molecule has 21 heavy (non-hydrogen) atoms. The maximum atomic E-state index is 12.3. The minimum Gasteiger partial charge on any atom is -0.482 e. The van der Waals surface area contributed by atoms with E-state index in [1.807, 2.05) is 17.0 Å². The molecule has 1 aromatic carbocycles. The second-order valence-corrected chi connectivity index (χ2v) is 5.73. The monoisotopic (exact) mass is 332 g/mol. The van der Waals surface area contributed by atoms with E-state index in [0.717, 1.165) is 19.4 Å². The van der Waals surface area contributed by atoms with Crippen molar-refractivity contribution in [3.8, 4) is 5.75 Å². The van der Waals surface area contributed by atoms with Crippen LogP contribution in [0.2, 0.25) is 5.02 Å². The topological polar surface area (TPSA) is 55.6 Å². The molecule has 1 fully saturated rings. The molecule has 1 heterocycles. The molecule has 1 aliphatic heterocycles. The van der Waals surface area contributed by atoms with Crippen LogP contribution >= 0.6 is 24.0 Å². The summed E-state index contributed by atoms with van der Waals surface area (Å²) in [7, 11) is 0. The van der Waals surface area contributed by atoms with Crippen molar-refractivity contribution in [2.75, 3.05) is 19.7 Å². The molecule has 0 radical (unpaired) electrons. The number of piperidine rings is 1. The van der Waals surface area contributed by atoms with Gasteiger partial charge in [0.25, 0.3) is 5.91 Å². The first-order valence-corrected chi connectivity index (χ1v) is 7.36. The summed E-state index contributed by atoms with van der Waals surface area (Å²) in [5.41, 5.74) is 5.77. The molecular formula is C15H22Cl2N2O2. The van der Waals surface area contributed by atoms with Crippen LogP contribution in [0.5, 0.6) is 5.75 Å². The smallest absolute Gasteiger partial charge is 0.260 e. The van der Waals surface area contributed by atoms with Crippen molar-refractivity contribution in [3.05, 3.63) is 29.3 Å². The summed E-state index contributed by atoms with van der Waals surface area (Å²) >= 11 is 6.00. The van der Waals surface area contributed by atoms with Crippen LogP contribution in [0.3, 0.4) is 0 Å². The van der Waals surface area contributed by atoms with Crippen LogP contribution in [-0.2, 0) is 4.79 Å². The van der Waals surface area contributed by atoms with E-state index in [0.29, 0.717) is 23.2 Å². The van der Waals surface area contributed by atoms with Crippen molar-refractivity contribution in [2.45, 2.75) is 25.8 Å². The zero-order valence-electron chi connectivity index (χ0n) is 12.1. The zero-order valence-corrected chi connectivity index (χ0v) is 13.7. The van der Waals surface area contributed by atoms with Gasteiger partial charge in [0.2, 0.25) is 0 Å². The molecule has 1 aromatic rings. The van der Waals surface area contributed by atoms with Gasteiger partial charge in [-0.1, -0.05) is 30.7 Å². The fourth-order valence-electron chi connectivity index (χ4n) is 2.59. The fraction of sp³-hybridized carbons (Fsp3) is 0.533. The number of ether oxygens (including phenoxy) is 1. The molecule has 1 aliphatic rings. The summed E-state index contributed by atoms with van der Waals surface area (Å²) in [6.45, 7) is 3.47. The second-order valence-electron chi connectivity index (χ2n) is 5.33. The Labute approximate surface area is 137 Å². The number of likely N-dealkylation sites (tertiary alicyclic amines) is 1. The lowest BCUT2D eigenvalue weighted by Gasteiger charge is -2.37. The Bertz CT molecular complexity index is 471. The Morgan fingerprint density at radius 2 is 2.19 bits per heavy atom. The van der Waals surface area contributed by atoms with Crippen LogP contribution < -0.4 is 10.5 Å². The number of amides is 1. The van der Waals surface area contributed by atoms with Gasteiger partial charge in [0, 0.05) is 19.1 Å². The number of rotatable bonds is 4. The molecular weight excluding hydrogens is 311 g/mol. The molecule has 0 saturated carbocycles. The van der Waals surface area contributed by atoms with E-state index in [2.05, 4.69) is 6.92 Å². The van der Waals surface area contributed by atoms with Gasteiger partial charge in [-0.05, 0) is 30.9 Å². The Balaban J connectivity index is 0.00000220. The van der Waals surface area contributed by atoms with Gasteiger partial charge in [-0.3, -0.25) is 4.79 Å².